The Bertz CT molecular complexity index is 282. The summed E-state index contributed by atoms with van der Waals surface area (Å²) in [7, 11) is 2.00. The summed E-state index contributed by atoms with van der Waals surface area (Å²) in [4.78, 5) is 16.7. The summed E-state index contributed by atoms with van der Waals surface area (Å²) in [6, 6.07) is 0.446. The van der Waals surface area contributed by atoms with E-state index in [-0.39, 0.29) is 0 Å². The average molecular weight is 253 g/mol. The summed E-state index contributed by atoms with van der Waals surface area (Å²) in [6.45, 7) is 7.02. The summed E-state index contributed by atoms with van der Waals surface area (Å²) in [5.74, 6) is 1.06. The van der Waals surface area contributed by atoms with E-state index in [9.17, 15) is 4.79 Å². The Morgan fingerprint density at radius 1 is 1.28 bits per heavy atom. The minimum Gasteiger partial charge on any atom is -0.339 e. The van der Waals surface area contributed by atoms with Crippen LogP contribution >= 0.6 is 0 Å². The van der Waals surface area contributed by atoms with Crippen LogP contribution in [0.1, 0.15) is 32.6 Å². The van der Waals surface area contributed by atoms with Crippen LogP contribution in [0.15, 0.2) is 0 Å². The van der Waals surface area contributed by atoms with Crippen molar-refractivity contribution < 1.29 is 4.79 Å². The fourth-order valence-corrected chi connectivity index (χ4v) is 3.26. The smallest absolute Gasteiger partial charge is 0.236 e. The van der Waals surface area contributed by atoms with Crippen molar-refractivity contribution in [3.63, 3.8) is 0 Å². The van der Waals surface area contributed by atoms with E-state index >= 15 is 0 Å². The molecule has 2 rings (SSSR count). The molecule has 1 amide bonds. The number of nitrogens with zero attached hydrogens (tertiary/aromatic N) is 2. The molecule has 0 saturated carbocycles. The van der Waals surface area contributed by atoms with E-state index in [1.807, 2.05) is 7.05 Å². The SMILES string of the molecule is CNCC1CCN(CC(=O)N2CCCCC2C)C1. The van der Waals surface area contributed by atoms with Gasteiger partial charge in [-0.05, 0) is 58.7 Å². The molecule has 0 aromatic carbocycles. The minimum atomic E-state index is 0.340. The normalized spacial score (nSPS) is 29.8. The van der Waals surface area contributed by atoms with Gasteiger partial charge in [0.1, 0.15) is 0 Å². The first kappa shape index (κ1) is 13.8. The van der Waals surface area contributed by atoms with Crippen LogP contribution < -0.4 is 5.32 Å². The summed E-state index contributed by atoms with van der Waals surface area (Å²) in [5.41, 5.74) is 0. The van der Waals surface area contributed by atoms with Crippen molar-refractivity contribution in [2.24, 2.45) is 5.92 Å². The molecule has 0 aliphatic carbocycles. The first-order chi connectivity index (χ1) is 8.70. The molecule has 2 heterocycles. The van der Waals surface area contributed by atoms with E-state index in [2.05, 4.69) is 22.0 Å². The molecule has 0 bridgehead atoms. The van der Waals surface area contributed by atoms with Gasteiger partial charge in [0, 0.05) is 19.1 Å². The Hall–Kier alpha value is -0.610. The van der Waals surface area contributed by atoms with Crippen LogP contribution in [0.25, 0.3) is 0 Å². The number of hydrogen-bond acceptors (Lipinski definition) is 3. The van der Waals surface area contributed by atoms with E-state index in [4.69, 9.17) is 0 Å². The third-order valence-corrected chi connectivity index (χ3v) is 4.34. The van der Waals surface area contributed by atoms with Crippen molar-refractivity contribution >= 4 is 5.91 Å². The van der Waals surface area contributed by atoms with Crippen LogP contribution in [0.5, 0.6) is 0 Å². The predicted octanol–water partition coefficient (Wildman–Crippen LogP) is 0.929. The van der Waals surface area contributed by atoms with E-state index < -0.39 is 0 Å². The van der Waals surface area contributed by atoms with Gasteiger partial charge in [0.05, 0.1) is 6.54 Å². The molecule has 0 spiro atoms. The number of amides is 1. The number of likely N-dealkylation sites (tertiary alicyclic amines) is 2. The molecule has 2 fully saturated rings. The molecule has 18 heavy (non-hydrogen) atoms. The Labute approximate surface area is 111 Å². The molecular weight excluding hydrogens is 226 g/mol. The molecule has 104 valence electrons. The molecule has 2 atom stereocenters. The quantitative estimate of drug-likeness (QED) is 0.809. The van der Waals surface area contributed by atoms with Gasteiger partial charge in [-0.3, -0.25) is 9.69 Å². The second-order valence-corrected chi connectivity index (χ2v) is 5.88. The zero-order chi connectivity index (χ0) is 13.0. The molecule has 2 aliphatic rings. The first-order valence-corrected chi connectivity index (χ1v) is 7.37. The number of carbonyl (C=O) groups is 1. The van der Waals surface area contributed by atoms with Crippen molar-refractivity contribution in [1.29, 1.82) is 0 Å². The maximum atomic E-state index is 12.3. The van der Waals surface area contributed by atoms with Gasteiger partial charge in [0.25, 0.3) is 0 Å². The highest BCUT2D eigenvalue weighted by Gasteiger charge is 2.28. The maximum absolute atomic E-state index is 12.3. The topological polar surface area (TPSA) is 35.6 Å². The van der Waals surface area contributed by atoms with Crippen molar-refractivity contribution in [3.8, 4) is 0 Å². The lowest BCUT2D eigenvalue weighted by Crippen LogP contribution is -2.46. The van der Waals surface area contributed by atoms with Crippen molar-refractivity contribution in [1.82, 2.24) is 15.1 Å². The van der Waals surface area contributed by atoms with Gasteiger partial charge < -0.3 is 10.2 Å². The molecule has 2 aliphatic heterocycles. The Morgan fingerprint density at radius 2 is 2.11 bits per heavy atom. The highest BCUT2D eigenvalue weighted by molar-refractivity contribution is 5.78. The van der Waals surface area contributed by atoms with E-state index in [1.54, 1.807) is 0 Å². The van der Waals surface area contributed by atoms with Crippen molar-refractivity contribution in [2.45, 2.75) is 38.6 Å². The van der Waals surface area contributed by atoms with E-state index in [0.717, 1.165) is 32.1 Å². The second kappa shape index (κ2) is 6.53. The van der Waals surface area contributed by atoms with Crippen LogP contribution in [0.3, 0.4) is 0 Å². The Morgan fingerprint density at radius 3 is 2.83 bits per heavy atom. The zero-order valence-electron chi connectivity index (χ0n) is 11.8. The average Bonchev–Trinajstić information content (AvgIpc) is 2.77. The lowest BCUT2D eigenvalue weighted by molar-refractivity contribution is -0.135. The fraction of sp³-hybridized carbons (Fsp3) is 0.929. The van der Waals surface area contributed by atoms with Crippen LogP contribution in [0, 0.1) is 5.92 Å². The molecule has 4 heteroatoms. The first-order valence-electron chi connectivity index (χ1n) is 7.37. The molecule has 1 N–H and O–H groups in total. The highest BCUT2D eigenvalue weighted by atomic mass is 16.2. The number of hydrogen-bond donors (Lipinski definition) is 1. The molecule has 0 aromatic rings. The summed E-state index contributed by atoms with van der Waals surface area (Å²) in [6.07, 6.45) is 4.86. The second-order valence-electron chi connectivity index (χ2n) is 5.88. The molecule has 2 unspecified atom stereocenters. The van der Waals surface area contributed by atoms with Crippen LogP contribution in [0.2, 0.25) is 0 Å². The van der Waals surface area contributed by atoms with Gasteiger partial charge in [-0.25, -0.2) is 0 Å². The van der Waals surface area contributed by atoms with Gasteiger partial charge in [-0.2, -0.15) is 0 Å². The Balaban J connectivity index is 1.77. The molecule has 0 aromatic heterocycles. The third-order valence-electron chi connectivity index (χ3n) is 4.34. The van der Waals surface area contributed by atoms with Gasteiger partial charge in [-0.1, -0.05) is 0 Å². The number of piperidine rings is 1. The van der Waals surface area contributed by atoms with E-state index in [1.165, 1.54) is 25.7 Å². The van der Waals surface area contributed by atoms with Gasteiger partial charge in [0.2, 0.25) is 5.91 Å². The Kier molecular flexibility index (Phi) is 5.01. The summed E-state index contributed by atoms with van der Waals surface area (Å²) >= 11 is 0. The van der Waals surface area contributed by atoms with Crippen LogP contribution in [0.4, 0.5) is 0 Å². The number of nitrogens with one attached hydrogen (secondary N) is 1. The van der Waals surface area contributed by atoms with Gasteiger partial charge >= 0.3 is 0 Å². The fourth-order valence-electron chi connectivity index (χ4n) is 3.26. The lowest BCUT2D eigenvalue weighted by Gasteiger charge is -2.34. The van der Waals surface area contributed by atoms with Crippen LogP contribution in [-0.4, -0.2) is 61.5 Å². The molecule has 4 nitrogen and oxygen atoms in total. The van der Waals surface area contributed by atoms with Crippen molar-refractivity contribution in [2.75, 3.05) is 39.8 Å². The van der Waals surface area contributed by atoms with Crippen molar-refractivity contribution in [3.05, 3.63) is 0 Å². The molecule has 2 saturated heterocycles. The van der Waals surface area contributed by atoms with E-state index in [0.29, 0.717) is 18.5 Å². The predicted molar refractivity (Wildman–Crippen MR) is 73.5 cm³/mol. The highest BCUT2D eigenvalue weighted by Crippen LogP contribution is 2.19. The monoisotopic (exact) mass is 253 g/mol. The minimum absolute atomic E-state index is 0.340. The largest absolute Gasteiger partial charge is 0.339 e. The third kappa shape index (κ3) is 3.45. The lowest BCUT2D eigenvalue weighted by atomic mass is 10.0. The summed E-state index contributed by atoms with van der Waals surface area (Å²) < 4.78 is 0. The van der Waals surface area contributed by atoms with Gasteiger partial charge in [-0.15, -0.1) is 0 Å². The maximum Gasteiger partial charge on any atom is 0.236 e. The number of rotatable bonds is 4. The molecular formula is C14H27N3O. The summed E-state index contributed by atoms with van der Waals surface area (Å²) in [5, 5.41) is 3.23. The van der Waals surface area contributed by atoms with Gasteiger partial charge in [0.15, 0.2) is 0 Å². The number of carbonyl (C=O) groups excluding carboxylic acids is 1. The molecule has 0 radical (unpaired) electrons. The standard InChI is InChI=1S/C14H27N3O/c1-12-5-3-4-7-17(12)14(18)11-16-8-6-13(10-16)9-15-2/h12-13,15H,3-11H2,1-2H3. The van der Waals surface area contributed by atoms with Crippen LogP contribution in [-0.2, 0) is 4.79 Å². The zero-order valence-corrected chi connectivity index (χ0v) is 11.8.